The molecule has 2 saturated heterocycles. The molecule has 6 rings (SSSR count). The van der Waals surface area contributed by atoms with Crippen LogP contribution in [0.1, 0.15) is 40.3 Å². The summed E-state index contributed by atoms with van der Waals surface area (Å²) in [5.41, 5.74) is 2.92. The Morgan fingerprint density at radius 3 is 2.51 bits per heavy atom. The molecular formula is C25H26ClF3N6O2. The fourth-order valence-electron chi connectivity index (χ4n) is 5.76. The zero-order valence-corrected chi connectivity index (χ0v) is 21.4. The average molecular weight is 535 g/mol. The van der Waals surface area contributed by atoms with Crippen LogP contribution in [0.4, 0.5) is 18.9 Å². The summed E-state index contributed by atoms with van der Waals surface area (Å²) < 4.78 is 47.9. The first-order valence-electron chi connectivity index (χ1n) is 12.1. The minimum absolute atomic E-state index is 0.195. The van der Waals surface area contributed by atoms with Gasteiger partial charge in [0.25, 0.3) is 5.91 Å². The highest BCUT2D eigenvalue weighted by atomic mass is 35.5. The van der Waals surface area contributed by atoms with Gasteiger partial charge in [0, 0.05) is 39.3 Å². The van der Waals surface area contributed by atoms with E-state index in [0.29, 0.717) is 40.6 Å². The third kappa shape index (κ3) is 3.73. The van der Waals surface area contributed by atoms with Gasteiger partial charge >= 0.3 is 6.18 Å². The number of hydrogen-bond donors (Lipinski definition) is 0. The maximum absolute atomic E-state index is 13.7. The molecule has 5 heterocycles. The third-order valence-electron chi connectivity index (χ3n) is 7.73. The Kier molecular flexibility index (Phi) is 5.40. The lowest BCUT2D eigenvalue weighted by Gasteiger charge is -2.56. The Balaban J connectivity index is 1.28. The monoisotopic (exact) mass is 534 g/mol. The lowest BCUT2D eigenvalue weighted by Crippen LogP contribution is -2.66. The molecule has 37 heavy (non-hydrogen) atoms. The van der Waals surface area contributed by atoms with Crippen LogP contribution in [-0.4, -0.2) is 63.2 Å². The van der Waals surface area contributed by atoms with Crippen LogP contribution in [0.2, 0.25) is 5.02 Å². The van der Waals surface area contributed by atoms with Gasteiger partial charge < -0.3 is 14.5 Å². The van der Waals surface area contributed by atoms with E-state index in [1.54, 1.807) is 22.7 Å². The molecule has 3 aliphatic rings. The maximum Gasteiger partial charge on any atom is 0.435 e. The van der Waals surface area contributed by atoms with Gasteiger partial charge in [-0.15, -0.1) is 0 Å². The second kappa shape index (κ2) is 8.22. The second-order valence-corrected chi connectivity index (χ2v) is 10.7. The maximum atomic E-state index is 13.7. The number of carbonyl (C=O) groups excluding carboxylic acids is 1. The van der Waals surface area contributed by atoms with Crippen molar-refractivity contribution in [2.45, 2.75) is 25.6 Å². The van der Waals surface area contributed by atoms with Gasteiger partial charge in [0.2, 0.25) is 0 Å². The minimum Gasteiger partial charge on any atom is -0.380 e. The molecule has 0 bridgehead atoms. The highest BCUT2D eigenvalue weighted by molar-refractivity contribution is 6.36. The molecule has 0 saturated carbocycles. The van der Waals surface area contributed by atoms with E-state index >= 15 is 0 Å². The van der Waals surface area contributed by atoms with E-state index in [-0.39, 0.29) is 17.4 Å². The highest BCUT2D eigenvalue weighted by Gasteiger charge is 2.49. The summed E-state index contributed by atoms with van der Waals surface area (Å²) in [5, 5.41) is 8.70. The number of fused-ring (bicyclic) bond motifs is 1. The minimum atomic E-state index is -4.54. The van der Waals surface area contributed by atoms with Crippen molar-refractivity contribution in [1.29, 1.82) is 0 Å². The van der Waals surface area contributed by atoms with Crippen LogP contribution >= 0.6 is 11.6 Å². The molecule has 0 N–H and O–H groups in total. The van der Waals surface area contributed by atoms with E-state index in [1.807, 2.05) is 19.1 Å². The number of amides is 1. The van der Waals surface area contributed by atoms with E-state index in [1.165, 1.54) is 11.7 Å². The number of aromatic nitrogens is 4. The molecule has 196 valence electrons. The summed E-state index contributed by atoms with van der Waals surface area (Å²) in [6, 6.07) is 6.16. The molecule has 0 unspecified atom stereocenters. The predicted octanol–water partition coefficient (Wildman–Crippen LogP) is 4.09. The summed E-state index contributed by atoms with van der Waals surface area (Å²) in [4.78, 5) is 17.6. The predicted molar refractivity (Wildman–Crippen MR) is 130 cm³/mol. The Bertz CT molecular complexity index is 1400. The quantitative estimate of drug-likeness (QED) is 0.506. The first-order chi connectivity index (χ1) is 17.5. The van der Waals surface area contributed by atoms with Crippen LogP contribution in [0, 0.1) is 5.41 Å². The number of anilines is 1. The van der Waals surface area contributed by atoms with Crippen LogP contribution in [-0.2, 0) is 31.4 Å². The van der Waals surface area contributed by atoms with Gasteiger partial charge in [0.05, 0.1) is 58.0 Å². The number of ether oxygens (including phenoxy) is 1. The van der Waals surface area contributed by atoms with Crippen molar-refractivity contribution in [3.8, 4) is 11.4 Å². The molecule has 1 spiro atoms. The fourth-order valence-corrected chi connectivity index (χ4v) is 6.09. The Morgan fingerprint density at radius 1 is 1.16 bits per heavy atom. The van der Waals surface area contributed by atoms with Gasteiger partial charge in [-0.25, -0.2) is 0 Å². The highest BCUT2D eigenvalue weighted by Crippen LogP contribution is 2.44. The van der Waals surface area contributed by atoms with Crippen molar-refractivity contribution in [3.05, 3.63) is 51.8 Å². The van der Waals surface area contributed by atoms with Crippen molar-refractivity contribution >= 4 is 23.2 Å². The summed E-state index contributed by atoms with van der Waals surface area (Å²) in [7, 11) is 3.18. The standard InChI is InChI=1S/C25H26ClF3N6O2/c1-14-21-16(22(33(3)31-21)18-9-19(25(27,28)29)30-32(18)2)7-8-35(14)23(36)15-5-4-6-17(20(15)26)34-10-24(11-34)12-37-13-24/h4-6,9,14H,7-8,10-13H2,1-3H3/t14-/m0/s1. The van der Waals surface area contributed by atoms with Crippen LogP contribution in [0.25, 0.3) is 11.4 Å². The molecule has 2 aromatic heterocycles. The van der Waals surface area contributed by atoms with Gasteiger partial charge in [-0.05, 0) is 31.5 Å². The lowest BCUT2D eigenvalue weighted by atomic mass is 9.77. The van der Waals surface area contributed by atoms with E-state index < -0.39 is 11.9 Å². The van der Waals surface area contributed by atoms with Crippen LogP contribution in [0.3, 0.4) is 0 Å². The van der Waals surface area contributed by atoms with Gasteiger partial charge in [0.15, 0.2) is 5.69 Å². The summed E-state index contributed by atoms with van der Waals surface area (Å²) in [5.74, 6) is -0.195. The number of alkyl halides is 3. The van der Waals surface area contributed by atoms with E-state index in [9.17, 15) is 18.0 Å². The number of hydrogen-bond acceptors (Lipinski definition) is 5. The number of halogens is 4. The number of nitrogens with zero attached hydrogens (tertiary/aromatic N) is 6. The fraction of sp³-hybridized carbons (Fsp3) is 0.480. The van der Waals surface area contributed by atoms with Crippen molar-refractivity contribution in [1.82, 2.24) is 24.5 Å². The molecule has 1 amide bonds. The summed E-state index contributed by atoms with van der Waals surface area (Å²) in [6.45, 7) is 5.50. The van der Waals surface area contributed by atoms with Crippen molar-refractivity contribution in [2.75, 3.05) is 37.7 Å². The SMILES string of the molecule is C[C@H]1c2nn(C)c(-c3cc(C(F)(F)F)nn3C)c2CCN1C(=O)c1cccc(N2CC3(COC3)C2)c1Cl. The largest absolute Gasteiger partial charge is 0.435 e. The molecule has 2 fully saturated rings. The molecule has 1 atom stereocenters. The lowest BCUT2D eigenvalue weighted by molar-refractivity contribution is -0.141. The zero-order valence-electron chi connectivity index (χ0n) is 20.6. The molecule has 12 heteroatoms. The first-order valence-corrected chi connectivity index (χ1v) is 12.5. The number of carbonyl (C=O) groups is 1. The van der Waals surface area contributed by atoms with E-state index in [0.717, 1.165) is 43.6 Å². The van der Waals surface area contributed by atoms with Crippen LogP contribution in [0.5, 0.6) is 0 Å². The summed E-state index contributed by atoms with van der Waals surface area (Å²) >= 11 is 6.76. The molecule has 0 aliphatic carbocycles. The smallest absolute Gasteiger partial charge is 0.380 e. The molecular weight excluding hydrogens is 509 g/mol. The molecule has 0 radical (unpaired) electrons. The Hall–Kier alpha value is -3.05. The van der Waals surface area contributed by atoms with Gasteiger partial charge in [-0.3, -0.25) is 14.2 Å². The van der Waals surface area contributed by atoms with Gasteiger partial charge in [0.1, 0.15) is 0 Å². The molecule has 8 nitrogen and oxygen atoms in total. The topological polar surface area (TPSA) is 68.4 Å². The van der Waals surface area contributed by atoms with Gasteiger partial charge in [-0.2, -0.15) is 23.4 Å². The first kappa shape index (κ1) is 24.3. The van der Waals surface area contributed by atoms with E-state index in [4.69, 9.17) is 16.3 Å². The molecule has 1 aromatic carbocycles. The van der Waals surface area contributed by atoms with Crippen molar-refractivity contribution in [2.24, 2.45) is 19.5 Å². The number of rotatable bonds is 3. The normalized spacial score (nSPS) is 20.6. The molecule has 3 aromatic rings. The summed E-state index contributed by atoms with van der Waals surface area (Å²) in [6.07, 6.45) is -4.09. The third-order valence-corrected chi connectivity index (χ3v) is 8.13. The Morgan fingerprint density at radius 2 is 1.89 bits per heavy atom. The van der Waals surface area contributed by atoms with Crippen LogP contribution in [0.15, 0.2) is 24.3 Å². The van der Waals surface area contributed by atoms with Gasteiger partial charge in [-0.1, -0.05) is 17.7 Å². The van der Waals surface area contributed by atoms with E-state index in [2.05, 4.69) is 15.1 Å². The average Bonchev–Trinajstić information content (AvgIpc) is 3.32. The number of aryl methyl sites for hydroxylation is 2. The van der Waals surface area contributed by atoms with Crippen LogP contribution < -0.4 is 4.90 Å². The Labute approximate surface area is 216 Å². The zero-order chi connectivity index (χ0) is 26.3. The molecule has 3 aliphatic heterocycles. The second-order valence-electron chi connectivity index (χ2n) is 10.3. The number of benzene rings is 1. The van der Waals surface area contributed by atoms with Crippen molar-refractivity contribution < 1.29 is 22.7 Å². The van der Waals surface area contributed by atoms with Crippen molar-refractivity contribution in [3.63, 3.8) is 0 Å².